The van der Waals surface area contributed by atoms with Crippen LogP contribution in [-0.2, 0) is 14.4 Å². The van der Waals surface area contributed by atoms with Crippen molar-refractivity contribution in [2.45, 2.75) is 39.3 Å². The highest BCUT2D eigenvalue weighted by atomic mass is 16.2. The average molecular weight is 241 g/mol. The summed E-state index contributed by atoms with van der Waals surface area (Å²) >= 11 is 0. The summed E-state index contributed by atoms with van der Waals surface area (Å²) in [5.74, 6) is -1.10. The maximum Gasteiger partial charge on any atom is 0.245 e. The van der Waals surface area contributed by atoms with Crippen LogP contribution in [0.2, 0.25) is 0 Å². The number of nitrogens with two attached hydrogens (primary N) is 1. The number of hydrogen-bond donors (Lipinski definition) is 2. The van der Waals surface area contributed by atoms with Crippen LogP contribution in [0.1, 0.15) is 27.2 Å². The monoisotopic (exact) mass is 241 g/mol. The van der Waals surface area contributed by atoms with Gasteiger partial charge in [-0.25, -0.2) is 0 Å². The molecule has 1 fully saturated rings. The van der Waals surface area contributed by atoms with E-state index in [4.69, 9.17) is 5.73 Å². The van der Waals surface area contributed by atoms with Gasteiger partial charge in [-0.05, 0) is 13.3 Å². The highest BCUT2D eigenvalue weighted by Gasteiger charge is 2.38. The van der Waals surface area contributed by atoms with Crippen LogP contribution in [0, 0.1) is 5.92 Å². The van der Waals surface area contributed by atoms with E-state index < -0.39 is 18.0 Å². The van der Waals surface area contributed by atoms with Crippen LogP contribution in [0.15, 0.2) is 0 Å². The van der Waals surface area contributed by atoms with Gasteiger partial charge in [0, 0.05) is 12.5 Å². The van der Waals surface area contributed by atoms with Gasteiger partial charge in [0.05, 0.1) is 0 Å². The Morgan fingerprint density at radius 1 is 1.29 bits per heavy atom. The van der Waals surface area contributed by atoms with Gasteiger partial charge in [-0.1, -0.05) is 13.8 Å². The van der Waals surface area contributed by atoms with Crippen LogP contribution in [-0.4, -0.2) is 41.2 Å². The summed E-state index contributed by atoms with van der Waals surface area (Å²) in [5.41, 5.74) is 5.16. The van der Waals surface area contributed by atoms with Crippen molar-refractivity contribution in [2.24, 2.45) is 11.7 Å². The Kier molecular flexibility index (Phi) is 4.09. The molecule has 6 nitrogen and oxygen atoms in total. The first-order valence-electron chi connectivity index (χ1n) is 5.74. The lowest BCUT2D eigenvalue weighted by molar-refractivity contribution is -0.148. The highest BCUT2D eigenvalue weighted by Crippen LogP contribution is 2.18. The van der Waals surface area contributed by atoms with Crippen molar-refractivity contribution in [1.82, 2.24) is 10.2 Å². The summed E-state index contributed by atoms with van der Waals surface area (Å²) in [6.45, 7) is 5.64. The lowest BCUT2D eigenvalue weighted by atomic mass is 10.0. The van der Waals surface area contributed by atoms with Crippen LogP contribution < -0.4 is 11.1 Å². The van der Waals surface area contributed by atoms with Crippen LogP contribution in [0.4, 0.5) is 0 Å². The van der Waals surface area contributed by atoms with Crippen LogP contribution in [0.3, 0.4) is 0 Å². The molecule has 3 N–H and O–H groups in total. The molecule has 0 unspecified atom stereocenters. The smallest absolute Gasteiger partial charge is 0.245 e. The average Bonchev–Trinajstić information content (AvgIpc) is 2.14. The SMILES string of the molecule is CC(C)C(=O)N[C@@H](C)C(=O)N1CC[C@H]1C(N)=O. The zero-order valence-corrected chi connectivity index (χ0v) is 10.4. The number of rotatable bonds is 4. The lowest BCUT2D eigenvalue weighted by Crippen LogP contribution is -2.61. The van der Waals surface area contributed by atoms with Gasteiger partial charge in [0.2, 0.25) is 17.7 Å². The minimum Gasteiger partial charge on any atom is -0.368 e. The minimum atomic E-state index is -0.618. The second-order valence-electron chi connectivity index (χ2n) is 4.62. The van der Waals surface area contributed by atoms with E-state index in [-0.39, 0.29) is 17.7 Å². The van der Waals surface area contributed by atoms with Crippen molar-refractivity contribution >= 4 is 17.7 Å². The van der Waals surface area contributed by atoms with E-state index in [0.29, 0.717) is 13.0 Å². The summed E-state index contributed by atoms with van der Waals surface area (Å²) in [5, 5.41) is 2.61. The third-order valence-electron chi connectivity index (χ3n) is 2.88. The van der Waals surface area contributed by atoms with E-state index in [2.05, 4.69) is 5.32 Å². The van der Waals surface area contributed by atoms with Crippen molar-refractivity contribution in [3.05, 3.63) is 0 Å². The molecule has 3 amide bonds. The Morgan fingerprint density at radius 2 is 1.88 bits per heavy atom. The number of nitrogens with zero attached hydrogens (tertiary/aromatic N) is 1. The molecule has 1 rings (SSSR count). The van der Waals surface area contributed by atoms with Crippen LogP contribution in [0.5, 0.6) is 0 Å². The molecule has 1 heterocycles. The summed E-state index contributed by atoms with van der Waals surface area (Å²) in [6, 6.07) is -1.13. The molecule has 0 radical (unpaired) electrons. The molecule has 96 valence electrons. The Labute approximate surface area is 101 Å². The maximum absolute atomic E-state index is 11.9. The maximum atomic E-state index is 11.9. The Hall–Kier alpha value is -1.59. The van der Waals surface area contributed by atoms with Crippen LogP contribution in [0.25, 0.3) is 0 Å². The van der Waals surface area contributed by atoms with Gasteiger partial charge in [-0.3, -0.25) is 14.4 Å². The lowest BCUT2D eigenvalue weighted by Gasteiger charge is -2.40. The molecular formula is C11H19N3O3. The fourth-order valence-corrected chi connectivity index (χ4v) is 1.64. The third-order valence-corrected chi connectivity index (χ3v) is 2.88. The van der Waals surface area contributed by atoms with Crippen molar-refractivity contribution in [3.8, 4) is 0 Å². The fourth-order valence-electron chi connectivity index (χ4n) is 1.64. The predicted molar refractivity (Wildman–Crippen MR) is 61.8 cm³/mol. The number of carbonyl (C=O) groups excluding carboxylic acids is 3. The van der Waals surface area contributed by atoms with Gasteiger partial charge in [0.15, 0.2) is 0 Å². The molecule has 1 aliphatic rings. The molecule has 17 heavy (non-hydrogen) atoms. The Morgan fingerprint density at radius 3 is 2.24 bits per heavy atom. The molecule has 1 saturated heterocycles. The second-order valence-corrected chi connectivity index (χ2v) is 4.62. The minimum absolute atomic E-state index is 0.173. The van der Waals surface area contributed by atoms with Gasteiger partial charge in [-0.2, -0.15) is 0 Å². The molecule has 0 aromatic rings. The number of carbonyl (C=O) groups is 3. The third kappa shape index (κ3) is 2.95. The summed E-state index contributed by atoms with van der Waals surface area (Å²) in [7, 11) is 0. The predicted octanol–water partition coefficient (Wildman–Crippen LogP) is -0.767. The molecule has 0 bridgehead atoms. The van der Waals surface area contributed by atoms with Crippen LogP contribution >= 0.6 is 0 Å². The van der Waals surface area contributed by atoms with Gasteiger partial charge in [0.1, 0.15) is 12.1 Å². The Bertz CT molecular complexity index is 341. The first-order valence-corrected chi connectivity index (χ1v) is 5.74. The number of hydrogen-bond acceptors (Lipinski definition) is 3. The first-order chi connectivity index (χ1) is 7.84. The summed E-state index contributed by atoms with van der Waals surface area (Å²) in [6.07, 6.45) is 0.603. The van der Waals surface area contributed by atoms with E-state index in [0.717, 1.165) is 0 Å². The highest BCUT2D eigenvalue weighted by molar-refractivity contribution is 5.92. The molecule has 6 heteroatoms. The van der Waals surface area contributed by atoms with E-state index in [9.17, 15) is 14.4 Å². The zero-order valence-electron chi connectivity index (χ0n) is 10.4. The van der Waals surface area contributed by atoms with E-state index in [1.165, 1.54) is 4.90 Å². The van der Waals surface area contributed by atoms with Gasteiger partial charge >= 0.3 is 0 Å². The van der Waals surface area contributed by atoms with E-state index >= 15 is 0 Å². The first kappa shape index (κ1) is 13.5. The molecule has 2 atom stereocenters. The van der Waals surface area contributed by atoms with E-state index in [1.54, 1.807) is 20.8 Å². The number of amides is 3. The van der Waals surface area contributed by atoms with Gasteiger partial charge in [-0.15, -0.1) is 0 Å². The van der Waals surface area contributed by atoms with Crippen molar-refractivity contribution in [1.29, 1.82) is 0 Å². The Balaban J connectivity index is 2.53. The molecule has 0 saturated carbocycles. The molecular weight excluding hydrogens is 222 g/mol. The number of likely N-dealkylation sites (tertiary alicyclic amines) is 1. The van der Waals surface area contributed by atoms with Gasteiger partial charge in [0.25, 0.3) is 0 Å². The molecule has 1 aliphatic heterocycles. The number of primary amides is 1. The van der Waals surface area contributed by atoms with Crippen molar-refractivity contribution in [3.63, 3.8) is 0 Å². The second kappa shape index (κ2) is 5.16. The standard InChI is InChI=1S/C11H19N3O3/c1-6(2)10(16)13-7(3)11(17)14-5-4-8(14)9(12)15/h6-8H,4-5H2,1-3H3,(H2,12,15)(H,13,16)/t7-,8-/m0/s1. The molecule has 0 spiro atoms. The zero-order chi connectivity index (χ0) is 13.2. The summed E-state index contributed by atoms with van der Waals surface area (Å²) < 4.78 is 0. The van der Waals surface area contributed by atoms with Crippen molar-refractivity contribution < 1.29 is 14.4 Å². The summed E-state index contributed by atoms with van der Waals surface area (Å²) in [4.78, 5) is 35.7. The largest absolute Gasteiger partial charge is 0.368 e. The number of nitrogens with one attached hydrogen (secondary N) is 1. The molecule has 0 aliphatic carbocycles. The van der Waals surface area contributed by atoms with E-state index in [1.807, 2.05) is 0 Å². The topological polar surface area (TPSA) is 92.5 Å². The normalized spacial score (nSPS) is 20.7. The fraction of sp³-hybridized carbons (Fsp3) is 0.727. The van der Waals surface area contributed by atoms with Crippen molar-refractivity contribution in [2.75, 3.05) is 6.54 Å². The quantitative estimate of drug-likeness (QED) is 0.677. The molecule has 0 aromatic carbocycles. The van der Waals surface area contributed by atoms with Gasteiger partial charge < -0.3 is 16.0 Å². The molecule has 0 aromatic heterocycles.